The molecule has 2 aromatic heterocycles. The van der Waals surface area contributed by atoms with E-state index in [0.29, 0.717) is 16.4 Å². The van der Waals surface area contributed by atoms with E-state index in [1.54, 1.807) is 18.2 Å². The van der Waals surface area contributed by atoms with Gasteiger partial charge in [0.25, 0.3) is 0 Å². The van der Waals surface area contributed by atoms with Gasteiger partial charge >= 0.3 is 0 Å². The Kier molecular flexibility index (Phi) is 3.12. The van der Waals surface area contributed by atoms with Crippen LogP contribution < -0.4 is 0 Å². The number of aryl methyl sites for hydroxylation is 1. The van der Waals surface area contributed by atoms with E-state index in [2.05, 4.69) is 9.97 Å². The molecule has 0 aliphatic heterocycles. The van der Waals surface area contributed by atoms with Gasteiger partial charge < -0.3 is 4.98 Å². The van der Waals surface area contributed by atoms with Crippen LogP contribution in [0, 0.1) is 6.92 Å². The van der Waals surface area contributed by atoms with Gasteiger partial charge in [-0.2, -0.15) is 0 Å². The Bertz CT molecular complexity index is 910. The number of hydrogen-bond acceptors (Lipinski definition) is 4. The van der Waals surface area contributed by atoms with Crippen molar-refractivity contribution in [2.24, 2.45) is 0 Å². The number of aromatic amines is 1. The van der Waals surface area contributed by atoms with Gasteiger partial charge in [0, 0.05) is 6.26 Å². The Morgan fingerprint density at radius 3 is 2.70 bits per heavy atom. The zero-order valence-electron chi connectivity index (χ0n) is 10.8. The Labute approximate surface area is 125 Å². The van der Waals surface area contributed by atoms with Gasteiger partial charge in [-0.05, 0) is 36.1 Å². The summed E-state index contributed by atoms with van der Waals surface area (Å²) in [7, 11) is -3.22. The Morgan fingerprint density at radius 2 is 2.10 bits per heavy atom. The summed E-state index contributed by atoms with van der Waals surface area (Å²) in [6.45, 7) is 1.94. The standard InChI is InChI=1S/C13H11ClN2O2S2/c1-7-6-19-12(11(7)14)13-15-9-4-3-8(20(2,17)18)5-10(9)16-13/h3-6H,1-2H3,(H,15,16). The Hall–Kier alpha value is -1.37. The number of sulfone groups is 1. The van der Waals surface area contributed by atoms with Gasteiger partial charge in [-0.3, -0.25) is 0 Å². The summed E-state index contributed by atoms with van der Waals surface area (Å²) >= 11 is 7.74. The second-order valence-electron chi connectivity index (χ2n) is 4.60. The van der Waals surface area contributed by atoms with E-state index in [-0.39, 0.29) is 4.90 Å². The highest BCUT2D eigenvalue weighted by Crippen LogP contribution is 2.35. The molecule has 1 N–H and O–H groups in total. The smallest absolute Gasteiger partial charge is 0.175 e. The SMILES string of the molecule is Cc1csc(-c2nc3ccc(S(C)(=O)=O)cc3[nH]2)c1Cl. The molecule has 104 valence electrons. The first-order valence-electron chi connectivity index (χ1n) is 5.80. The molecule has 0 aliphatic carbocycles. The summed E-state index contributed by atoms with van der Waals surface area (Å²) in [5, 5.41) is 2.64. The zero-order valence-corrected chi connectivity index (χ0v) is 13.2. The zero-order chi connectivity index (χ0) is 14.5. The minimum absolute atomic E-state index is 0.272. The number of halogens is 1. The largest absolute Gasteiger partial charge is 0.337 e. The molecule has 7 heteroatoms. The first kappa shape index (κ1) is 13.6. The lowest BCUT2D eigenvalue weighted by molar-refractivity contribution is 0.602. The fourth-order valence-electron chi connectivity index (χ4n) is 1.92. The Balaban J connectivity index is 2.19. The van der Waals surface area contributed by atoms with Crippen LogP contribution in [0.3, 0.4) is 0 Å². The number of benzene rings is 1. The molecule has 0 unspecified atom stereocenters. The van der Waals surface area contributed by atoms with Crippen molar-refractivity contribution in [1.82, 2.24) is 9.97 Å². The van der Waals surface area contributed by atoms with Gasteiger partial charge in [0.2, 0.25) is 0 Å². The van der Waals surface area contributed by atoms with Crippen molar-refractivity contribution < 1.29 is 8.42 Å². The van der Waals surface area contributed by atoms with Gasteiger partial charge in [0.1, 0.15) is 5.82 Å². The molecular weight excluding hydrogens is 316 g/mol. The molecule has 20 heavy (non-hydrogen) atoms. The van der Waals surface area contributed by atoms with Gasteiger partial charge in [-0.15, -0.1) is 11.3 Å². The molecule has 0 amide bonds. The predicted octanol–water partition coefficient (Wildman–Crippen LogP) is 3.66. The van der Waals surface area contributed by atoms with Gasteiger partial charge in [-0.25, -0.2) is 13.4 Å². The fraction of sp³-hybridized carbons (Fsp3) is 0.154. The highest BCUT2D eigenvalue weighted by molar-refractivity contribution is 7.90. The van der Waals surface area contributed by atoms with Crippen LogP contribution in [0.5, 0.6) is 0 Å². The van der Waals surface area contributed by atoms with E-state index in [4.69, 9.17) is 11.6 Å². The average Bonchev–Trinajstić information content (AvgIpc) is 2.92. The molecule has 0 fully saturated rings. The number of imidazole rings is 1. The maximum atomic E-state index is 11.6. The molecule has 0 radical (unpaired) electrons. The number of nitrogens with zero attached hydrogens (tertiary/aromatic N) is 1. The molecule has 0 saturated carbocycles. The topological polar surface area (TPSA) is 62.8 Å². The summed E-state index contributed by atoms with van der Waals surface area (Å²) in [4.78, 5) is 8.72. The van der Waals surface area contributed by atoms with Crippen molar-refractivity contribution in [3.8, 4) is 10.7 Å². The van der Waals surface area contributed by atoms with Crippen molar-refractivity contribution in [1.29, 1.82) is 0 Å². The summed E-state index contributed by atoms with van der Waals surface area (Å²) in [6, 6.07) is 4.85. The van der Waals surface area contributed by atoms with Crippen molar-refractivity contribution in [3.05, 3.63) is 34.2 Å². The van der Waals surface area contributed by atoms with Crippen LogP contribution in [0.1, 0.15) is 5.56 Å². The Morgan fingerprint density at radius 1 is 1.35 bits per heavy atom. The minimum atomic E-state index is -3.22. The van der Waals surface area contributed by atoms with E-state index >= 15 is 0 Å². The van der Waals surface area contributed by atoms with Crippen molar-refractivity contribution in [2.45, 2.75) is 11.8 Å². The van der Waals surface area contributed by atoms with E-state index in [0.717, 1.165) is 16.0 Å². The molecule has 3 aromatic rings. The summed E-state index contributed by atoms with van der Waals surface area (Å²) in [5.74, 6) is 0.661. The van der Waals surface area contributed by atoms with Crippen LogP contribution in [0.2, 0.25) is 5.02 Å². The van der Waals surface area contributed by atoms with Crippen LogP contribution in [-0.2, 0) is 9.84 Å². The van der Waals surface area contributed by atoms with E-state index in [1.165, 1.54) is 17.6 Å². The van der Waals surface area contributed by atoms with E-state index in [9.17, 15) is 8.42 Å². The first-order valence-corrected chi connectivity index (χ1v) is 8.95. The van der Waals surface area contributed by atoms with Crippen LogP contribution >= 0.6 is 22.9 Å². The molecule has 0 saturated heterocycles. The number of rotatable bonds is 2. The molecule has 0 spiro atoms. The van der Waals surface area contributed by atoms with Crippen LogP contribution in [0.4, 0.5) is 0 Å². The number of H-pyrrole nitrogens is 1. The monoisotopic (exact) mass is 326 g/mol. The van der Waals surface area contributed by atoms with Crippen LogP contribution in [0.25, 0.3) is 21.7 Å². The van der Waals surface area contributed by atoms with Crippen LogP contribution in [0.15, 0.2) is 28.5 Å². The van der Waals surface area contributed by atoms with E-state index < -0.39 is 9.84 Å². The number of hydrogen-bond donors (Lipinski definition) is 1. The highest BCUT2D eigenvalue weighted by Gasteiger charge is 2.14. The fourth-order valence-corrected chi connectivity index (χ4v) is 3.79. The molecule has 0 bridgehead atoms. The third kappa shape index (κ3) is 2.24. The third-order valence-electron chi connectivity index (χ3n) is 3.00. The van der Waals surface area contributed by atoms with Crippen molar-refractivity contribution in [3.63, 3.8) is 0 Å². The minimum Gasteiger partial charge on any atom is -0.337 e. The molecule has 3 rings (SSSR count). The summed E-state index contributed by atoms with van der Waals surface area (Å²) in [5.41, 5.74) is 2.41. The van der Waals surface area contributed by atoms with Crippen LogP contribution in [-0.4, -0.2) is 24.6 Å². The van der Waals surface area contributed by atoms with Gasteiger partial charge in [-0.1, -0.05) is 11.6 Å². The molecule has 1 aromatic carbocycles. The lowest BCUT2D eigenvalue weighted by Crippen LogP contribution is -1.96. The maximum absolute atomic E-state index is 11.6. The second-order valence-corrected chi connectivity index (χ2v) is 7.87. The quantitative estimate of drug-likeness (QED) is 0.781. The lowest BCUT2D eigenvalue weighted by Gasteiger charge is -1.96. The van der Waals surface area contributed by atoms with Gasteiger partial charge in [0.05, 0.1) is 25.8 Å². The third-order valence-corrected chi connectivity index (χ3v) is 5.81. The molecule has 0 atom stereocenters. The second kappa shape index (κ2) is 4.58. The normalized spacial score (nSPS) is 12.2. The molecular formula is C13H11ClN2O2S2. The average molecular weight is 327 g/mol. The van der Waals surface area contributed by atoms with E-state index in [1.807, 2.05) is 12.3 Å². The number of thiophene rings is 1. The van der Waals surface area contributed by atoms with Crippen molar-refractivity contribution in [2.75, 3.05) is 6.26 Å². The number of nitrogens with one attached hydrogen (secondary N) is 1. The van der Waals surface area contributed by atoms with Crippen molar-refractivity contribution >= 4 is 43.8 Å². The number of fused-ring (bicyclic) bond motifs is 1. The predicted molar refractivity (Wildman–Crippen MR) is 82.3 cm³/mol. The number of aromatic nitrogens is 2. The van der Waals surface area contributed by atoms with Gasteiger partial charge in [0.15, 0.2) is 9.84 Å². The molecule has 4 nitrogen and oxygen atoms in total. The lowest BCUT2D eigenvalue weighted by atomic mass is 10.3. The maximum Gasteiger partial charge on any atom is 0.175 e. The summed E-state index contributed by atoms with van der Waals surface area (Å²) in [6.07, 6.45) is 1.19. The summed E-state index contributed by atoms with van der Waals surface area (Å²) < 4.78 is 23.1. The molecule has 2 heterocycles. The molecule has 0 aliphatic rings. The first-order chi connectivity index (χ1) is 9.36. The highest BCUT2D eigenvalue weighted by atomic mass is 35.5.